The monoisotopic (exact) mass is 379 g/mol. The molecule has 0 aliphatic heterocycles. The van der Waals surface area contributed by atoms with Gasteiger partial charge in [0.15, 0.2) is 6.61 Å². The first-order chi connectivity index (χ1) is 12.3. The van der Waals surface area contributed by atoms with Crippen LogP contribution in [-0.4, -0.2) is 25.1 Å². The van der Waals surface area contributed by atoms with Crippen LogP contribution < -0.4 is 10.1 Å². The standard InChI is InChI=1S/C19H19ClFNO4/c1-12(2)10-25-15-6-3-13(4-7-15)19(24)26-11-18(23)22-14-5-8-17(21)16(20)9-14/h3-9,12H,10-11H2,1-2H3,(H,22,23). The molecule has 5 nitrogen and oxygen atoms in total. The van der Waals surface area contributed by atoms with Crippen LogP contribution in [0.1, 0.15) is 24.2 Å². The smallest absolute Gasteiger partial charge is 0.338 e. The van der Waals surface area contributed by atoms with E-state index < -0.39 is 24.3 Å². The van der Waals surface area contributed by atoms with Crippen LogP contribution in [0.15, 0.2) is 42.5 Å². The van der Waals surface area contributed by atoms with Crippen LogP contribution in [0.2, 0.25) is 5.02 Å². The van der Waals surface area contributed by atoms with Crippen LogP contribution in [0.3, 0.4) is 0 Å². The molecule has 0 saturated carbocycles. The minimum Gasteiger partial charge on any atom is -0.493 e. The van der Waals surface area contributed by atoms with Gasteiger partial charge in [-0.2, -0.15) is 0 Å². The Hall–Kier alpha value is -2.60. The minimum absolute atomic E-state index is 0.112. The van der Waals surface area contributed by atoms with Gasteiger partial charge < -0.3 is 14.8 Å². The topological polar surface area (TPSA) is 64.6 Å². The second kappa shape index (κ2) is 9.20. The molecule has 2 rings (SSSR count). The molecule has 0 aromatic heterocycles. The van der Waals surface area contributed by atoms with E-state index in [1.54, 1.807) is 24.3 Å². The highest BCUT2D eigenvalue weighted by molar-refractivity contribution is 6.31. The summed E-state index contributed by atoms with van der Waals surface area (Å²) in [5, 5.41) is 2.35. The average molecular weight is 380 g/mol. The Bertz CT molecular complexity index is 778. The Labute approximate surface area is 156 Å². The number of hydrogen-bond donors (Lipinski definition) is 1. The van der Waals surface area contributed by atoms with Gasteiger partial charge in [0.25, 0.3) is 5.91 Å². The van der Waals surface area contributed by atoms with E-state index in [9.17, 15) is 14.0 Å². The zero-order valence-electron chi connectivity index (χ0n) is 14.4. The summed E-state index contributed by atoms with van der Waals surface area (Å²) < 4.78 is 23.6. The molecular formula is C19H19ClFNO4. The Morgan fingerprint density at radius 1 is 1.15 bits per heavy atom. The molecule has 2 aromatic rings. The van der Waals surface area contributed by atoms with Gasteiger partial charge in [-0.1, -0.05) is 25.4 Å². The molecule has 7 heteroatoms. The van der Waals surface area contributed by atoms with Crippen molar-refractivity contribution in [3.05, 3.63) is 58.9 Å². The maximum absolute atomic E-state index is 13.1. The Balaban J connectivity index is 1.83. The van der Waals surface area contributed by atoms with Gasteiger partial charge in [-0.25, -0.2) is 9.18 Å². The quantitative estimate of drug-likeness (QED) is 0.728. The number of carbonyl (C=O) groups excluding carboxylic acids is 2. The molecule has 0 bridgehead atoms. The number of rotatable bonds is 7. The summed E-state index contributed by atoms with van der Waals surface area (Å²) in [6.45, 7) is 4.18. The third-order valence-corrected chi connectivity index (χ3v) is 3.50. The van der Waals surface area contributed by atoms with E-state index in [2.05, 4.69) is 5.32 Å². The lowest BCUT2D eigenvalue weighted by Crippen LogP contribution is -2.21. The highest BCUT2D eigenvalue weighted by Gasteiger charge is 2.11. The van der Waals surface area contributed by atoms with Gasteiger partial charge >= 0.3 is 5.97 Å². The van der Waals surface area contributed by atoms with Crippen molar-refractivity contribution in [2.24, 2.45) is 5.92 Å². The van der Waals surface area contributed by atoms with Gasteiger partial charge in [-0.3, -0.25) is 4.79 Å². The Morgan fingerprint density at radius 2 is 1.85 bits per heavy atom. The molecule has 1 amide bonds. The first-order valence-corrected chi connectivity index (χ1v) is 8.38. The molecule has 1 N–H and O–H groups in total. The molecule has 0 aliphatic carbocycles. The summed E-state index contributed by atoms with van der Waals surface area (Å²) in [7, 11) is 0. The van der Waals surface area contributed by atoms with Crippen LogP contribution in [0, 0.1) is 11.7 Å². The molecule has 26 heavy (non-hydrogen) atoms. The molecule has 138 valence electrons. The third-order valence-electron chi connectivity index (χ3n) is 3.21. The summed E-state index contributed by atoms with van der Waals surface area (Å²) in [5.74, 6) is -0.724. The number of amides is 1. The van der Waals surface area contributed by atoms with Crippen molar-refractivity contribution in [3.63, 3.8) is 0 Å². The van der Waals surface area contributed by atoms with E-state index in [1.165, 1.54) is 12.1 Å². The number of esters is 1. The molecule has 0 fully saturated rings. The summed E-state index contributed by atoms with van der Waals surface area (Å²) in [6.07, 6.45) is 0. The van der Waals surface area contributed by atoms with Gasteiger partial charge in [0, 0.05) is 5.69 Å². The van der Waals surface area contributed by atoms with E-state index in [0.717, 1.165) is 6.07 Å². The lowest BCUT2D eigenvalue weighted by Gasteiger charge is -2.09. The van der Waals surface area contributed by atoms with E-state index in [-0.39, 0.29) is 5.02 Å². The Kier molecular flexibility index (Phi) is 6.97. The molecule has 2 aromatic carbocycles. The molecule has 0 radical (unpaired) electrons. The zero-order chi connectivity index (χ0) is 19.1. The van der Waals surface area contributed by atoms with Crippen LogP contribution in [0.5, 0.6) is 5.75 Å². The molecule has 0 unspecified atom stereocenters. The first kappa shape index (κ1) is 19.7. The fourth-order valence-corrected chi connectivity index (χ4v) is 2.12. The summed E-state index contributed by atoms with van der Waals surface area (Å²) in [4.78, 5) is 23.8. The van der Waals surface area contributed by atoms with Crippen molar-refractivity contribution >= 4 is 29.2 Å². The normalized spacial score (nSPS) is 10.5. The molecule has 0 aliphatic rings. The number of benzene rings is 2. The minimum atomic E-state index is -0.632. The number of halogens is 2. The lowest BCUT2D eigenvalue weighted by atomic mass is 10.2. The van der Waals surface area contributed by atoms with E-state index in [1.807, 2.05) is 13.8 Å². The molecule has 0 atom stereocenters. The molecule has 0 heterocycles. The van der Waals surface area contributed by atoms with Crippen LogP contribution in [0.25, 0.3) is 0 Å². The number of nitrogens with one attached hydrogen (secondary N) is 1. The van der Waals surface area contributed by atoms with Crippen molar-refractivity contribution < 1.29 is 23.5 Å². The predicted octanol–water partition coefficient (Wildman–Crippen LogP) is 4.31. The predicted molar refractivity (Wildman–Crippen MR) is 97.1 cm³/mol. The van der Waals surface area contributed by atoms with Gasteiger partial charge in [0.1, 0.15) is 11.6 Å². The Morgan fingerprint density at radius 3 is 2.46 bits per heavy atom. The fraction of sp³-hybridized carbons (Fsp3) is 0.263. The lowest BCUT2D eigenvalue weighted by molar-refractivity contribution is -0.119. The second-order valence-corrected chi connectivity index (χ2v) is 6.39. The zero-order valence-corrected chi connectivity index (χ0v) is 15.2. The number of carbonyl (C=O) groups is 2. The van der Waals surface area contributed by atoms with Crippen LogP contribution >= 0.6 is 11.6 Å². The van der Waals surface area contributed by atoms with Gasteiger partial charge in [0.2, 0.25) is 0 Å². The van der Waals surface area contributed by atoms with Crippen molar-refractivity contribution in [1.82, 2.24) is 0 Å². The highest BCUT2D eigenvalue weighted by atomic mass is 35.5. The van der Waals surface area contributed by atoms with Gasteiger partial charge in [0.05, 0.1) is 17.2 Å². The molecular weight excluding hydrogens is 361 g/mol. The molecule has 0 spiro atoms. The van der Waals surface area contributed by atoms with E-state index in [0.29, 0.717) is 29.5 Å². The molecule has 0 saturated heterocycles. The fourth-order valence-electron chi connectivity index (χ4n) is 1.94. The number of ether oxygens (including phenoxy) is 2. The SMILES string of the molecule is CC(C)COc1ccc(C(=O)OCC(=O)Nc2ccc(F)c(Cl)c2)cc1. The van der Waals surface area contributed by atoms with Gasteiger partial charge in [-0.05, 0) is 48.4 Å². The van der Waals surface area contributed by atoms with Crippen molar-refractivity contribution in [2.45, 2.75) is 13.8 Å². The van der Waals surface area contributed by atoms with Crippen LogP contribution in [0.4, 0.5) is 10.1 Å². The summed E-state index contributed by atoms with van der Waals surface area (Å²) >= 11 is 5.64. The van der Waals surface area contributed by atoms with E-state index >= 15 is 0 Å². The first-order valence-electron chi connectivity index (χ1n) is 8.00. The largest absolute Gasteiger partial charge is 0.493 e. The maximum atomic E-state index is 13.1. The summed E-state index contributed by atoms with van der Waals surface area (Å²) in [6, 6.07) is 10.2. The van der Waals surface area contributed by atoms with E-state index in [4.69, 9.17) is 21.1 Å². The maximum Gasteiger partial charge on any atom is 0.338 e. The van der Waals surface area contributed by atoms with Crippen molar-refractivity contribution in [1.29, 1.82) is 0 Å². The van der Waals surface area contributed by atoms with Crippen molar-refractivity contribution in [3.8, 4) is 5.75 Å². The number of anilines is 1. The third kappa shape index (κ3) is 6.04. The van der Waals surface area contributed by atoms with Gasteiger partial charge in [-0.15, -0.1) is 0 Å². The number of hydrogen-bond acceptors (Lipinski definition) is 4. The van der Waals surface area contributed by atoms with Crippen LogP contribution in [-0.2, 0) is 9.53 Å². The average Bonchev–Trinajstić information content (AvgIpc) is 2.61. The summed E-state index contributed by atoms with van der Waals surface area (Å²) in [5.41, 5.74) is 0.614. The highest BCUT2D eigenvalue weighted by Crippen LogP contribution is 2.19. The second-order valence-electron chi connectivity index (χ2n) is 5.98. The van der Waals surface area contributed by atoms with Crippen molar-refractivity contribution in [2.75, 3.05) is 18.5 Å².